The molecule has 0 fully saturated rings. The van der Waals surface area contributed by atoms with E-state index in [0.29, 0.717) is 0 Å². The van der Waals surface area contributed by atoms with E-state index in [4.69, 9.17) is 10.7 Å². The zero-order valence-electron chi connectivity index (χ0n) is 13.7. The third kappa shape index (κ3) is 3.12. The van der Waals surface area contributed by atoms with Crippen molar-refractivity contribution >= 4 is 5.82 Å². The number of nitrogens with two attached hydrogens (primary N) is 1. The first-order valence-corrected chi connectivity index (χ1v) is 8.01. The number of aromatic nitrogens is 2. The van der Waals surface area contributed by atoms with Crippen molar-refractivity contribution in [1.82, 2.24) is 9.55 Å². The molecule has 0 bridgehead atoms. The van der Waals surface area contributed by atoms with Crippen LogP contribution in [0.15, 0.2) is 18.2 Å². The van der Waals surface area contributed by atoms with Gasteiger partial charge in [0.25, 0.3) is 0 Å². The molecule has 0 spiro atoms. The average molecular weight is 285 g/mol. The van der Waals surface area contributed by atoms with Crippen molar-refractivity contribution in [3.63, 3.8) is 0 Å². The Bertz CT molecular complexity index is 591. The molecule has 1 aromatic heterocycles. The van der Waals surface area contributed by atoms with Crippen molar-refractivity contribution < 1.29 is 0 Å². The lowest BCUT2D eigenvalue weighted by Gasteiger charge is -2.10. The summed E-state index contributed by atoms with van der Waals surface area (Å²) in [7, 11) is 0. The van der Waals surface area contributed by atoms with Gasteiger partial charge >= 0.3 is 0 Å². The number of unbranched alkanes of at least 4 members (excludes halogenated alkanes) is 1. The molecule has 0 aliphatic heterocycles. The molecule has 0 atom stereocenters. The maximum atomic E-state index is 6.45. The molecular weight excluding hydrogens is 258 g/mol. The first-order valence-electron chi connectivity index (χ1n) is 8.01. The van der Waals surface area contributed by atoms with Crippen LogP contribution in [0, 0.1) is 13.8 Å². The van der Waals surface area contributed by atoms with Crippen LogP contribution >= 0.6 is 0 Å². The number of anilines is 1. The molecule has 0 radical (unpaired) electrons. The molecule has 3 nitrogen and oxygen atoms in total. The summed E-state index contributed by atoms with van der Waals surface area (Å²) in [6.45, 7) is 9.63. The summed E-state index contributed by atoms with van der Waals surface area (Å²) in [5, 5.41) is 0. The molecule has 0 amide bonds. The summed E-state index contributed by atoms with van der Waals surface area (Å²) in [4.78, 5) is 4.88. The summed E-state index contributed by atoms with van der Waals surface area (Å²) in [5.74, 6) is 1.95. The van der Waals surface area contributed by atoms with Crippen LogP contribution in [0.5, 0.6) is 0 Å². The van der Waals surface area contributed by atoms with E-state index in [0.717, 1.165) is 43.1 Å². The van der Waals surface area contributed by atoms with Crippen molar-refractivity contribution in [3.05, 3.63) is 35.2 Å². The minimum Gasteiger partial charge on any atom is -0.383 e. The SMILES string of the molecule is CCCCn1c(CCC)nc(-c2c(C)cccc2C)c1N. The Morgan fingerprint density at radius 2 is 1.76 bits per heavy atom. The van der Waals surface area contributed by atoms with Gasteiger partial charge in [0, 0.05) is 18.5 Å². The largest absolute Gasteiger partial charge is 0.383 e. The Morgan fingerprint density at radius 1 is 1.10 bits per heavy atom. The van der Waals surface area contributed by atoms with Crippen molar-refractivity contribution in [2.45, 2.75) is 59.9 Å². The van der Waals surface area contributed by atoms with Gasteiger partial charge in [-0.3, -0.25) is 0 Å². The van der Waals surface area contributed by atoms with Gasteiger partial charge in [0.1, 0.15) is 17.3 Å². The minimum absolute atomic E-state index is 0.823. The molecule has 2 aromatic rings. The molecule has 0 aliphatic carbocycles. The summed E-state index contributed by atoms with van der Waals surface area (Å²) in [6, 6.07) is 6.35. The maximum Gasteiger partial charge on any atom is 0.131 e. The van der Waals surface area contributed by atoms with Crippen LogP contribution < -0.4 is 5.73 Å². The highest BCUT2D eigenvalue weighted by molar-refractivity contribution is 5.76. The molecule has 2 rings (SSSR count). The molecule has 2 N–H and O–H groups in total. The molecular formula is C18H27N3. The second-order valence-corrected chi connectivity index (χ2v) is 5.78. The van der Waals surface area contributed by atoms with Crippen molar-refractivity contribution in [2.24, 2.45) is 0 Å². The number of hydrogen-bond acceptors (Lipinski definition) is 2. The fraction of sp³-hybridized carbons (Fsp3) is 0.500. The number of benzene rings is 1. The lowest BCUT2D eigenvalue weighted by atomic mass is 10.00. The first kappa shape index (κ1) is 15.6. The highest BCUT2D eigenvalue weighted by atomic mass is 15.1. The van der Waals surface area contributed by atoms with Gasteiger partial charge in [-0.2, -0.15) is 0 Å². The zero-order chi connectivity index (χ0) is 15.4. The smallest absolute Gasteiger partial charge is 0.131 e. The van der Waals surface area contributed by atoms with Gasteiger partial charge in [0.05, 0.1) is 0 Å². The first-order chi connectivity index (χ1) is 10.1. The predicted octanol–water partition coefficient (Wildman–Crippen LogP) is 4.50. The topological polar surface area (TPSA) is 43.8 Å². The quantitative estimate of drug-likeness (QED) is 0.849. The molecule has 3 heteroatoms. The Balaban J connectivity index is 2.54. The van der Waals surface area contributed by atoms with Crippen LogP contribution in [0.3, 0.4) is 0 Å². The van der Waals surface area contributed by atoms with Gasteiger partial charge in [-0.25, -0.2) is 4.98 Å². The molecule has 0 saturated heterocycles. The van der Waals surface area contributed by atoms with E-state index in [1.54, 1.807) is 0 Å². The number of hydrogen-bond donors (Lipinski definition) is 1. The van der Waals surface area contributed by atoms with E-state index in [1.807, 2.05) is 0 Å². The van der Waals surface area contributed by atoms with Crippen LogP contribution in [0.4, 0.5) is 5.82 Å². The van der Waals surface area contributed by atoms with Gasteiger partial charge < -0.3 is 10.3 Å². The van der Waals surface area contributed by atoms with Crippen molar-refractivity contribution in [1.29, 1.82) is 0 Å². The van der Waals surface area contributed by atoms with Gasteiger partial charge in [-0.15, -0.1) is 0 Å². The second-order valence-electron chi connectivity index (χ2n) is 5.78. The van der Waals surface area contributed by atoms with Crippen molar-refractivity contribution in [3.8, 4) is 11.3 Å². The molecule has 114 valence electrons. The number of aryl methyl sites for hydroxylation is 3. The average Bonchev–Trinajstić information content (AvgIpc) is 2.74. The highest BCUT2D eigenvalue weighted by Crippen LogP contribution is 2.32. The minimum atomic E-state index is 0.823. The lowest BCUT2D eigenvalue weighted by molar-refractivity contribution is 0.604. The lowest BCUT2D eigenvalue weighted by Crippen LogP contribution is -2.07. The van der Waals surface area contributed by atoms with Gasteiger partial charge in [0.15, 0.2) is 0 Å². The fourth-order valence-corrected chi connectivity index (χ4v) is 2.87. The Morgan fingerprint density at radius 3 is 2.33 bits per heavy atom. The fourth-order valence-electron chi connectivity index (χ4n) is 2.87. The van der Waals surface area contributed by atoms with Crippen LogP contribution in [0.1, 0.15) is 50.1 Å². The van der Waals surface area contributed by atoms with E-state index in [-0.39, 0.29) is 0 Å². The van der Waals surface area contributed by atoms with E-state index in [1.165, 1.54) is 23.1 Å². The van der Waals surface area contributed by atoms with Gasteiger partial charge in [-0.1, -0.05) is 38.5 Å². The number of nitrogen functional groups attached to an aromatic ring is 1. The molecule has 1 aromatic carbocycles. The third-order valence-corrected chi connectivity index (χ3v) is 4.01. The molecule has 0 saturated carbocycles. The summed E-state index contributed by atoms with van der Waals surface area (Å²) in [5.41, 5.74) is 11.1. The normalized spacial score (nSPS) is 11.0. The predicted molar refractivity (Wildman–Crippen MR) is 90.5 cm³/mol. The second kappa shape index (κ2) is 6.79. The summed E-state index contributed by atoms with van der Waals surface area (Å²) < 4.78 is 2.22. The van der Waals surface area contributed by atoms with Crippen LogP contribution in [-0.4, -0.2) is 9.55 Å². The third-order valence-electron chi connectivity index (χ3n) is 4.01. The van der Waals surface area contributed by atoms with Crippen LogP contribution in [0.2, 0.25) is 0 Å². The van der Waals surface area contributed by atoms with E-state index in [9.17, 15) is 0 Å². The summed E-state index contributed by atoms with van der Waals surface area (Å²) in [6.07, 6.45) is 4.39. The van der Waals surface area contributed by atoms with E-state index >= 15 is 0 Å². The highest BCUT2D eigenvalue weighted by Gasteiger charge is 2.18. The number of nitrogens with zero attached hydrogens (tertiary/aromatic N) is 2. The maximum absolute atomic E-state index is 6.45. The van der Waals surface area contributed by atoms with E-state index < -0.39 is 0 Å². The molecule has 0 aliphatic rings. The van der Waals surface area contributed by atoms with Crippen LogP contribution in [-0.2, 0) is 13.0 Å². The van der Waals surface area contributed by atoms with Gasteiger partial charge in [0.2, 0.25) is 0 Å². The monoisotopic (exact) mass is 285 g/mol. The summed E-state index contributed by atoms with van der Waals surface area (Å²) >= 11 is 0. The van der Waals surface area contributed by atoms with E-state index in [2.05, 4.69) is 50.5 Å². The molecule has 0 unspecified atom stereocenters. The zero-order valence-corrected chi connectivity index (χ0v) is 13.7. The number of imidazole rings is 1. The molecule has 1 heterocycles. The van der Waals surface area contributed by atoms with Crippen molar-refractivity contribution in [2.75, 3.05) is 5.73 Å². The Kier molecular flexibility index (Phi) is 5.05. The van der Waals surface area contributed by atoms with Crippen LogP contribution in [0.25, 0.3) is 11.3 Å². The Hall–Kier alpha value is -1.77. The van der Waals surface area contributed by atoms with Gasteiger partial charge in [-0.05, 0) is 37.8 Å². The Labute approximate surface area is 128 Å². The number of rotatable bonds is 6. The molecule has 21 heavy (non-hydrogen) atoms. The standard InChI is InChI=1S/C18H27N3/c1-5-7-12-21-15(9-6-2)20-17(18(21)19)16-13(3)10-8-11-14(16)4/h8,10-11H,5-7,9,12,19H2,1-4H3.